The van der Waals surface area contributed by atoms with Crippen LogP contribution in [-0.4, -0.2) is 21.3 Å². The highest BCUT2D eigenvalue weighted by molar-refractivity contribution is 7.12. The molecule has 1 unspecified atom stereocenters. The Hall–Kier alpha value is -1.20. The monoisotopic (exact) mass is 292 g/mol. The van der Waals surface area contributed by atoms with Gasteiger partial charge in [0.25, 0.3) is 0 Å². The van der Waals surface area contributed by atoms with E-state index in [4.69, 9.17) is 0 Å². The molecule has 0 aromatic carbocycles. The van der Waals surface area contributed by atoms with E-state index in [2.05, 4.69) is 48.3 Å². The van der Waals surface area contributed by atoms with Gasteiger partial charge < -0.3 is 5.32 Å². The molecule has 0 spiro atoms. The predicted molar refractivity (Wildman–Crippen MR) is 84.1 cm³/mol. The first-order chi connectivity index (χ1) is 9.78. The summed E-state index contributed by atoms with van der Waals surface area (Å²) in [6, 6.07) is 4.84. The molecule has 2 heterocycles. The van der Waals surface area contributed by atoms with Gasteiger partial charge in [0.05, 0.1) is 0 Å². The molecule has 0 fully saturated rings. The van der Waals surface area contributed by atoms with Crippen molar-refractivity contribution in [3.8, 4) is 0 Å². The Morgan fingerprint density at radius 2 is 2.15 bits per heavy atom. The second-order valence-corrected chi connectivity index (χ2v) is 6.06. The summed E-state index contributed by atoms with van der Waals surface area (Å²) in [6.45, 7) is 8.42. The van der Waals surface area contributed by atoms with Crippen LogP contribution in [0.15, 0.2) is 18.5 Å². The van der Waals surface area contributed by atoms with Crippen LogP contribution in [0.25, 0.3) is 0 Å². The lowest BCUT2D eigenvalue weighted by molar-refractivity contribution is 0.502. The van der Waals surface area contributed by atoms with E-state index in [0.717, 1.165) is 38.2 Å². The van der Waals surface area contributed by atoms with Gasteiger partial charge in [0, 0.05) is 28.8 Å². The number of nitrogens with zero attached hydrogens (tertiary/aromatic N) is 3. The molecule has 0 amide bonds. The van der Waals surface area contributed by atoms with Crippen molar-refractivity contribution in [3.63, 3.8) is 0 Å². The third kappa shape index (κ3) is 3.67. The lowest BCUT2D eigenvalue weighted by Gasteiger charge is -2.17. The van der Waals surface area contributed by atoms with Gasteiger partial charge in [-0.1, -0.05) is 13.8 Å². The van der Waals surface area contributed by atoms with Gasteiger partial charge in [-0.05, 0) is 38.4 Å². The molecule has 0 aliphatic rings. The molecule has 20 heavy (non-hydrogen) atoms. The molecular weight excluding hydrogens is 268 g/mol. The number of thiophene rings is 1. The van der Waals surface area contributed by atoms with Gasteiger partial charge in [0.15, 0.2) is 0 Å². The molecule has 0 radical (unpaired) electrons. The second-order valence-electron chi connectivity index (χ2n) is 4.86. The number of aromatic nitrogens is 3. The van der Waals surface area contributed by atoms with Gasteiger partial charge >= 0.3 is 0 Å². The van der Waals surface area contributed by atoms with Crippen LogP contribution in [-0.2, 0) is 19.4 Å². The first-order valence-corrected chi connectivity index (χ1v) is 8.28. The van der Waals surface area contributed by atoms with Crippen molar-refractivity contribution in [2.75, 3.05) is 6.54 Å². The number of hydrogen-bond acceptors (Lipinski definition) is 4. The SMILES string of the molecule is CCCNC(Cc1ncnn1CC)c1ccc(CC)s1. The third-order valence-corrected chi connectivity index (χ3v) is 4.74. The summed E-state index contributed by atoms with van der Waals surface area (Å²) in [5.74, 6) is 1.06. The van der Waals surface area contributed by atoms with E-state index in [0.29, 0.717) is 6.04 Å². The maximum Gasteiger partial charge on any atom is 0.138 e. The normalized spacial score (nSPS) is 12.8. The number of nitrogens with one attached hydrogen (secondary N) is 1. The fourth-order valence-corrected chi connectivity index (χ4v) is 3.28. The van der Waals surface area contributed by atoms with Gasteiger partial charge in [-0.3, -0.25) is 4.68 Å². The van der Waals surface area contributed by atoms with E-state index in [1.54, 1.807) is 6.33 Å². The van der Waals surface area contributed by atoms with Crippen molar-refractivity contribution >= 4 is 11.3 Å². The van der Waals surface area contributed by atoms with Crippen LogP contribution in [0.4, 0.5) is 0 Å². The summed E-state index contributed by atoms with van der Waals surface area (Å²) in [5, 5.41) is 7.91. The zero-order valence-corrected chi connectivity index (χ0v) is 13.4. The molecule has 0 aliphatic heterocycles. The standard InChI is InChI=1S/C15H24N4S/c1-4-9-16-13(14-8-7-12(5-2)20-14)10-15-17-11-18-19(15)6-3/h7-8,11,13,16H,4-6,9-10H2,1-3H3. The van der Waals surface area contributed by atoms with Gasteiger partial charge in [0.1, 0.15) is 12.2 Å². The summed E-state index contributed by atoms with van der Waals surface area (Å²) in [5.41, 5.74) is 0. The third-order valence-electron chi connectivity index (χ3n) is 3.40. The highest BCUT2D eigenvalue weighted by Crippen LogP contribution is 2.26. The molecule has 1 atom stereocenters. The molecule has 2 aromatic rings. The van der Waals surface area contributed by atoms with Gasteiger partial charge in [-0.15, -0.1) is 11.3 Å². The van der Waals surface area contributed by atoms with E-state index >= 15 is 0 Å². The Kier molecular flexibility index (Phi) is 5.73. The smallest absolute Gasteiger partial charge is 0.138 e. The molecule has 2 rings (SSSR count). The average Bonchev–Trinajstić information content (AvgIpc) is 3.11. The van der Waals surface area contributed by atoms with E-state index < -0.39 is 0 Å². The zero-order valence-electron chi connectivity index (χ0n) is 12.6. The molecular formula is C15H24N4S. The second kappa shape index (κ2) is 7.55. The van der Waals surface area contributed by atoms with Crippen molar-refractivity contribution in [2.24, 2.45) is 0 Å². The lowest BCUT2D eigenvalue weighted by atomic mass is 10.1. The Labute approximate surface area is 125 Å². The minimum atomic E-state index is 0.342. The van der Waals surface area contributed by atoms with Crippen LogP contribution in [0.5, 0.6) is 0 Å². The van der Waals surface area contributed by atoms with Crippen LogP contribution in [0.2, 0.25) is 0 Å². The highest BCUT2D eigenvalue weighted by Gasteiger charge is 2.16. The van der Waals surface area contributed by atoms with Crippen molar-refractivity contribution in [1.29, 1.82) is 0 Å². The largest absolute Gasteiger partial charge is 0.309 e. The summed E-state index contributed by atoms with van der Waals surface area (Å²) >= 11 is 1.91. The zero-order chi connectivity index (χ0) is 14.4. The molecule has 2 aromatic heterocycles. The Balaban J connectivity index is 2.14. The van der Waals surface area contributed by atoms with E-state index in [-0.39, 0.29) is 0 Å². The lowest BCUT2D eigenvalue weighted by Crippen LogP contribution is -2.24. The van der Waals surface area contributed by atoms with Crippen LogP contribution < -0.4 is 5.32 Å². The Morgan fingerprint density at radius 3 is 2.80 bits per heavy atom. The summed E-state index contributed by atoms with van der Waals surface area (Å²) in [4.78, 5) is 7.25. The fraction of sp³-hybridized carbons (Fsp3) is 0.600. The van der Waals surface area contributed by atoms with Crippen LogP contribution in [0.3, 0.4) is 0 Å². The van der Waals surface area contributed by atoms with Gasteiger partial charge in [-0.25, -0.2) is 4.98 Å². The first-order valence-electron chi connectivity index (χ1n) is 7.47. The number of hydrogen-bond donors (Lipinski definition) is 1. The molecule has 5 heteroatoms. The minimum absolute atomic E-state index is 0.342. The van der Waals surface area contributed by atoms with Crippen LogP contribution in [0, 0.1) is 0 Å². The molecule has 0 saturated heterocycles. The summed E-state index contributed by atoms with van der Waals surface area (Å²) < 4.78 is 1.98. The summed E-state index contributed by atoms with van der Waals surface area (Å²) in [7, 11) is 0. The van der Waals surface area contributed by atoms with Gasteiger partial charge in [-0.2, -0.15) is 5.10 Å². The van der Waals surface area contributed by atoms with Crippen molar-refractivity contribution in [2.45, 2.75) is 52.6 Å². The van der Waals surface area contributed by atoms with Crippen LogP contribution >= 0.6 is 11.3 Å². The van der Waals surface area contributed by atoms with Crippen molar-refractivity contribution < 1.29 is 0 Å². The predicted octanol–water partition coefficient (Wildman–Crippen LogP) is 3.21. The number of aryl methyl sites for hydroxylation is 2. The highest BCUT2D eigenvalue weighted by atomic mass is 32.1. The summed E-state index contributed by atoms with van der Waals surface area (Å²) in [6.07, 6.45) is 4.80. The van der Waals surface area contributed by atoms with Crippen molar-refractivity contribution in [1.82, 2.24) is 20.1 Å². The van der Waals surface area contributed by atoms with Crippen molar-refractivity contribution in [3.05, 3.63) is 34.0 Å². The topological polar surface area (TPSA) is 42.7 Å². The van der Waals surface area contributed by atoms with E-state index in [9.17, 15) is 0 Å². The molecule has 0 saturated carbocycles. The average molecular weight is 292 g/mol. The molecule has 110 valence electrons. The minimum Gasteiger partial charge on any atom is -0.309 e. The molecule has 0 aliphatic carbocycles. The molecule has 0 bridgehead atoms. The van der Waals surface area contributed by atoms with Gasteiger partial charge in [0.2, 0.25) is 0 Å². The fourth-order valence-electron chi connectivity index (χ4n) is 2.26. The number of rotatable bonds is 8. The Bertz CT molecular complexity index is 517. The maximum absolute atomic E-state index is 4.40. The van der Waals surface area contributed by atoms with E-state index in [1.165, 1.54) is 9.75 Å². The Morgan fingerprint density at radius 1 is 1.30 bits per heavy atom. The molecule has 4 nitrogen and oxygen atoms in total. The van der Waals surface area contributed by atoms with Crippen LogP contribution in [0.1, 0.15) is 48.8 Å². The first kappa shape index (κ1) is 15.2. The molecule has 1 N–H and O–H groups in total. The van der Waals surface area contributed by atoms with E-state index in [1.807, 2.05) is 16.0 Å². The maximum atomic E-state index is 4.40. The quantitative estimate of drug-likeness (QED) is 0.812.